The number of carbonyl (C=O) groups is 1. The summed E-state index contributed by atoms with van der Waals surface area (Å²) >= 11 is 12.7. The molecular formula is C18H20ClNO3S2. The van der Waals surface area contributed by atoms with E-state index in [0.29, 0.717) is 27.3 Å². The molecule has 0 atom stereocenters. The molecule has 1 aliphatic heterocycles. The van der Waals surface area contributed by atoms with Crippen LogP contribution in [0, 0.1) is 5.92 Å². The summed E-state index contributed by atoms with van der Waals surface area (Å²) in [5, 5.41) is 10.00. The summed E-state index contributed by atoms with van der Waals surface area (Å²) in [5.74, 6) is 0.825. The number of aromatic hydroxyl groups is 1. The number of carbonyl (C=O) groups excluding carboxylic acids is 1. The van der Waals surface area contributed by atoms with E-state index in [4.69, 9.17) is 28.6 Å². The number of amides is 1. The van der Waals surface area contributed by atoms with Gasteiger partial charge in [-0.1, -0.05) is 61.3 Å². The topological polar surface area (TPSA) is 49.8 Å². The Labute approximate surface area is 162 Å². The highest BCUT2D eigenvalue weighted by molar-refractivity contribution is 8.26. The summed E-state index contributed by atoms with van der Waals surface area (Å²) in [4.78, 5) is 14.9. The van der Waals surface area contributed by atoms with E-state index in [2.05, 4.69) is 0 Å². The Morgan fingerprint density at radius 3 is 2.84 bits per heavy atom. The van der Waals surface area contributed by atoms with E-state index in [1.807, 2.05) is 0 Å². The molecule has 134 valence electrons. The van der Waals surface area contributed by atoms with Crippen molar-refractivity contribution in [2.24, 2.45) is 5.92 Å². The van der Waals surface area contributed by atoms with Crippen molar-refractivity contribution in [1.29, 1.82) is 0 Å². The molecule has 0 radical (unpaired) electrons. The molecular weight excluding hydrogens is 378 g/mol. The van der Waals surface area contributed by atoms with Crippen LogP contribution in [0.5, 0.6) is 11.5 Å². The SMILES string of the molecule is COc1cc(/C=C2\SC(=S)N(CCC3CCCC3)C2=O)cc(Cl)c1O. The molecule has 2 aliphatic rings. The molecule has 1 saturated heterocycles. The second-order valence-corrected chi connectivity index (χ2v) is 8.41. The second-order valence-electron chi connectivity index (χ2n) is 6.33. The van der Waals surface area contributed by atoms with Crippen LogP contribution in [0.4, 0.5) is 0 Å². The van der Waals surface area contributed by atoms with Gasteiger partial charge < -0.3 is 9.84 Å². The van der Waals surface area contributed by atoms with E-state index >= 15 is 0 Å². The molecule has 0 bridgehead atoms. The fourth-order valence-corrected chi connectivity index (χ4v) is 4.82. The largest absolute Gasteiger partial charge is 0.503 e. The van der Waals surface area contributed by atoms with Crippen molar-refractivity contribution in [3.63, 3.8) is 0 Å². The third kappa shape index (κ3) is 4.13. The maximum absolute atomic E-state index is 12.7. The number of thiocarbonyl (C=S) groups is 1. The van der Waals surface area contributed by atoms with Crippen LogP contribution in [-0.2, 0) is 4.79 Å². The van der Waals surface area contributed by atoms with Gasteiger partial charge in [0.1, 0.15) is 4.32 Å². The summed E-state index contributed by atoms with van der Waals surface area (Å²) in [6.45, 7) is 0.687. The Bertz CT molecular complexity index is 729. The third-order valence-electron chi connectivity index (χ3n) is 4.68. The maximum atomic E-state index is 12.7. The first-order valence-corrected chi connectivity index (χ1v) is 9.91. The molecule has 1 N–H and O–H groups in total. The smallest absolute Gasteiger partial charge is 0.266 e. The van der Waals surface area contributed by atoms with Crippen molar-refractivity contribution >= 4 is 51.9 Å². The standard InChI is InChI=1S/C18H20ClNO3S2/c1-23-14-9-12(8-13(19)16(14)21)10-15-17(22)20(18(24)25-15)7-6-11-4-2-3-5-11/h8-11,21H,2-7H2,1H3/b15-10-. The minimum atomic E-state index is -0.106. The highest BCUT2D eigenvalue weighted by Crippen LogP contribution is 2.38. The number of phenols is 1. The molecule has 1 aromatic carbocycles. The van der Waals surface area contributed by atoms with Gasteiger partial charge >= 0.3 is 0 Å². The van der Waals surface area contributed by atoms with Crippen molar-refractivity contribution < 1.29 is 14.6 Å². The molecule has 1 aliphatic carbocycles. The molecule has 2 fully saturated rings. The summed E-state index contributed by atoms with van der Waals surface area (Å²) in [5.41, 5.74) is 0.691. The number of hydrogen-bond acceptors (Lipinski definition) is 5. The van der Waals surface area contributed by atoms with Gasteiger partial charge in [-0.25, -0.2) is 0 Å². The summed E-state index contributed by atoms with van der Waals surface area (Å²) in [7, 11) is 1.46. The van der Waals surface area contributed by atoms with E-state index in [9.17, 15) is 9.90 Å². The molecule has 3 rings (SSSR count). The van der Waals surface area contributed by atoms with Crippen LogP contribution in [0.2, 0.25) is 5.02 Å². The molecule has 1 saturated carbocycles. The Morgan fingerprint density at radius 2 is 2.16 bits per heavy atom. The minimum Gasteiger partial charge on any atom is -0.503 e. The highest BCUT2D eigenvalue weighted by Gasteiger charge is 2.32. The minimum absolute atomic E-state index is 0.0591. The van der Waals surface area contributed by atoms with Gasteiger partial charge in [-0.15, -0.1) is 0 Å². The molecule has 0 unspecified atom stereocenters. The van der Waals surface area contributed by atoms with E-state index in [-0.39, 0.29) is 22.4 Å². The summed E-state index contributed by atoms with van der Waals surface area (Å²) in [6, 6.07) is 3.25. The van der Waals surface area contributed by atoms with Crippen molar-refractivity contribution in [3.8, 4) is 11.5 Å². The van der Waals surface area contributed by atoms with Crippen LogP contribution in [0.25, 0.3) is 6.08 Å². The number of methoxy groups -OCH3 is 1. The molecule has 1 amide bonds. The first-order chi connectivity index (χ1) is 12.0. The average Bonchev–Trinajstić information content (AvgIpc) is 3.18. The lowest BCUT2D eigenvalue weighted by Crippen LogP contribution is -2.30. The number of rotatable bonds is 5. The number of thioether (sulfide) groups is 1. The quantitative estimate of drug-likeness (QED) is 0.569. The van der Waals surface area contributed by atoms with Crippen LogP contribution in [0.3, 0.4) is 0 Å². The fraction of sp³-hybridized carbons (Fsp3) is 0.444. The van der Waals surface area contributed by atoms with Crippen LogP contribution < -0.4 is 4.74 Å². The number of halogens is 1. The van der Waals surface area contributed by atoms with Gasteiger partial charge in [0, 0.05) is 6.54 Å². The summed E-state index contributed by atoms with van der Waals surface area (Å²) < 4.78 is 5.71. The van der Waals surface area contributed by atoms with Crippen LogP contribution in [-0.4, -0.2) is 33.9 Å². The fourth-order valence-electron chi connectivity index (χ4n) is 3.29. The van der Waals surface area contributed by atoms with Crippen molar-refractivity contribution in [1.82, 2.24) is 4.90 Å². The van der Waals surface area contributed by atoms with Crippen LogP contribution in [0.15, 0.2) is 17.0 Å². The van der Waals surface area contributed by atoms with Gasteiger partial charge in [-0.2, -0.15) is 0 Å². The predicted molar refractivity (Wildman–Crippen MR) is 106 cm³/mol. The van der Waals surface area contributed by atoms with E-state index in [1.165, 1.54) is 44.6 Å². The average molecular weight is 398 g/mol. The molecule has 4 nitrogen and oxygen atoms in total. The lowest BCUT2D eigenvalue weighted by atomic mass is 10.0. The number of hydrogen-bond donors (Lipinski definition) is 1. The zero-order valence-corrected chi connectivity index (χ0v) is 16.3. The van der Waals surface area contributed by atoms with E-state index in [1.54, 1.807) is 23.1 Å². The normalized spacial score (nSPS) is 20.1. The van der Waals surface area contributed by atoms with Gasteiger partial charge in [0.25, 0.3) is 5.91 Å². The zero-order valence-electron chi connectivity index (χ0n) is 14.0. The second kappa shape index (κ2) is 7.98. The van der Waals surface area contributed by atoms with Gasteiger partial charge in [0.05, 0.1) is 17.0 Å². The monoisotopic (exact) mass is 397 g/mol. The number of nitrogens with zero attached hydrogens (tertiary/aromatic N) is 1. The first kappa shape index (κ1) is 18.5. The maximum Gasteiger partial charge on any atom is 0.266 e. The van der Waals surface area contributed by atoms with Gasteiger partial charge in [0.15, 0.2) is 11.5 Å². The summed E-state index contributed by atoms with van der Waals surface area (Å²) in [6.07, 6.45) is 7.87. The van der Waals surface area contributed by atoms with Gasteiger partial charge in [-0.3, -0.25) is 9.69 Å². The Balaban J connectivity index is 1.74. The lowest BCUT2D eigenvalue weighted by Gasteiger charge is -2.17. The Hall–Kier alpha value is -1.24. The van der Waals surface area contributed by atoms with Gasteiger partial charge in [-0.05, 0) is 36.1 Å². The molecule has 25 heavy (non-hydrogen) atoms. The molecule has 1 aromatic rings. The van der Waals surface area contributed by atoms with E-state index in [0.717, 1.165) is 6.42 Å². The Kier molecular flexibility index (Phi) is 5.92. The van der Waals surface area contributed by atoms with Crippen molar-refractivity contribution in [3.05, 3.63) is 27.6 Å². The van der Waals surface area contributed by atoms with Crippen LogP contribution in [0.1, 0.15) is 37.7 Å². The van der Waals surface area contributed by atoms with Crippen molar-refractivity contribution in [2.75, 3.05) is 13.7 Å². The third-order valence-corrected chi connectivity index (χ3v) is 6.34. The predicted octanol–water partition coefficient (Wildman–Crippen LogP) is 4.84. The van der Waals surface area contributed by atoms with Crippen LogP contribution >= 0.6 is 35.6 Å². The number of ether oxygens (including phenoxy) is 1. The molecule has 0 spiro atoms. The number of benzene rings is 1. The molecule has 0 aromatic heterocycles. The first-order valence-electron chi connectivity index (χ1n) is 8.31. The molecule has 1 heterocycles. The number of phenolic OH excluding ortho intramolecular Hbond substituents is 1. The molecule has 7 heteroatoms. The van der Waals surface area contributed by atoms with Gasteiger partial charge in [0.2, 0.25) is 0 Å². The zero-order chi connectivity index (χ0) is 18.0. The Morgan fingerprint density at radius 1 is 1.44 bits per heavy atom. The van der Waals surface area contributed by atoms with Crippen molar-refractivity contribution in [2.45, 2.75) is 32.1 Å². The highest BCUT2D eigenvalue weighted by atomic mass is 35.5. The van der Waals surface area contributed by atoms with E-state index < -0.39 is 0 Å². The lowest BCUT2D eigenvalue weighted by molar-refractivity contribution is -0.122.